The van der Waals surface area contributed by atoms with Crippen LogP contribution in [0.1, 0.15) is 15.4 Å². The Morgan fingerprint density at radius 1 is 1.20 bits per heavy atom. The van der Waals surface area contributed by atoms with E-state index in [0.29, 0.717) is 15.7 Å². The Hall–Kier alpha value is -3.24. The highest BCUT2D eigenvalue weighted by Crippen LogP contribution is 2.25. The minimum atomic E-state index is -0.464. The number of rotatable bonds is 6. The van der Waals surface area contributed by atoms with Crippen LogP contribution in [0, 0.1) is 6.92 Å². The Morgan fingerprint density at radius 3 is 2.77 bits per heavy atom. The Kier molecular flexibility index (Phi) is 5.77. The molecular formula is C20H17N5O3S2. The number of ether oxygens (including phenoxy) is 1. The molecule has 0 saturated heterocycles. The number of aromatic amines is 1. The zero-order valence-corrected chi connectivity index (χ0v) is 17.8. The summed E-state index contributed by atoms with van der Waals surface area (Å²) < 4.78 is 4.70. The Morgan fingerprint density at radius 2 is 2.03 bits per heavy atom. The predicted molar refractivity (Wildman–Crippen MR) is 117 cm³/mol. The highest BCUT2D eigenvalue weighted by Gasteiger charge is 2.17. The van der Waals surface area contributed by atoms with Crippen molar-refractivity contribution in [1.82, 2.24) is 19.9 Å². The molecule has 0 fully saturated rings. The number of amides is 1. The van der Waals surface area contributed by atoms with Crippen LogP contribution in [0.2, 0.25) is 0 Å². The van der Waals surface area contributed by atoms with Gasteiger partial charge in [0.2, 0.25) is 5.91 Å². The standard InChI is InChI=1S/C20H17N5O3S2/c1-11-17(19(27)28-2)30-20(22-11)25-15(26)10-29-16-8-7-12(9-21-16)18-23-13-5-3-4-6-14(13)24-18/h3-9H,10H2,1-2H3,(H,23,24)(H,22,25,26). The molecule has 152 valence electrons. The van der Waals surface area contributed by atoms with Crippen molar-refractivity contribution in [3.05, 3.63) is 53.2 Å². The van der Waals surface area contributed by atoms with Crippen LogP contribution < -0.4 is 5.32 Å². The van der Waals surface area contributed by atoms with Gasteiger partial charge >= 0.3 is 5.97 Å². The quantitative estimate of drug-likeness (QED) is 0.346. The molecule has 30 heavy (non-hydrogen) atoms. The second-order valence-electron chi connectivity index (χ2n) is 6.25. The van der Waals surface area contributed by atoms with Crippen molar-refractivity contribution in [1.29, 1.82) is 0 Å². The second-order valence-corrected chi connectivity index (χ2v) is 8.24. The molecule has 1 amide bonds. The van der Waals surface area contributed by atoms with E-state index in [0.717, 1.165) is 38.8 Å². The number of hydrogen-bond acceptors (Lipinski definition) is 8. The van der Waals surface area contributed by atoms with Gasteiger partial charge in [0.15, 0.2) is 5.13 Å². The molecule has 4 rings (SSSR count). The van der Waals surface area contributed by atoms with E-state index >= 15 is 0 Å². The molecule has 0 saturated carbocycles. The number of nitrogens with zero attached hydrogens (tertiary/aromatic N) is 3. The van der Waals surface area contributed by atoms with Crippen molar-refractivity contribution in [2.24, 2.45) is 0 Å². The number of fused-ring (bicyclic) bond motifs is 1. The molecule has 3 heterocycles. The lowest BCUT2D eigenvalue weighted by molar-refractivity contribution is -0.113. The molecule has 3 aromatic heterocycles. The zero-order valence-electron chi connectivity index (χ0n) is 16.1. The third-order valence-corrected chi connectivity index (χ3v) is 6.16. The first-order valence-corrected chi connectivity index (χ1v) is 10.7. The van der Waals surface area contributed by atoms with Crippen molar-refractivity contribution in [2.45, 2.75) is 11.9 Å². The van der Waals surface area contributed by atoms with Crippen LogP contribution in [-0.4, -0.2) is 44.7 Å². The number of carbonyl (C=O) groups excluding carboxylic acids is 2. The van der Waals surface area contributed by atoms with Gasteiger partial charge in [0.25, 0.3) is 0 Å². The largest absolute Gasteiger partial charge is 0.465 e. The van der Waals surface area contributed by atoms with Crippen molar-refractivity contribution in [3.8, 4) is 11.4 Å². The molecule has 8 nitrogen and oxygen atoms in total. The van der Waals surface area contributed by atoms with Crippen molar-refractivity contribution >= 4 is 51.1 Å². The molecule has 0 bridgehead atoms. The first kappa shape index (κ1) is 20.0. The number of pyridine rings is 1. The third-order valence-electron chi connectivity index (χ3n) is 4.16. The number of nitrogens with one attached hydrogen (secondary N) is 2. The molecule has 0 aliphatic rings. The van der Waals surface area contributed by atoms with E-state index in [-0.39, 0.29) is 11.7 Å². The van der Waals surface area contributed by atoms with Gasteiger partial charge < -0.3 is 15.0 Å². The fraction of sp³-hybridized carbons (Fsp3) is 0.150. The van der Waals surface area contributed by atoms with Crippen LogP contribution in [0.5, 0.6) is 0 Å². The first-order chi connectivity index (χ1) is 14.5. The number of methoxy groups -OCH3 is 1. The maximum absolute atomic E-state index is 12.2. The molecule has 0 spiro atoms. The molecule has 0 unspecified atom stereocenters. The van der Waals surface area contributed by atoms with Gasteiger partial charge in [-0.2, -0.15) is 0 Å². The van der Waals surface area contributed by atoms with Crippen LogP contribution in [-0.2, 0) is 9.53 Å². The summed E-state index contributed by atoms with van der Waals surface area (Å²) >= 11 is 2.40. The number of para-hydroxylation sites is 2. The molecule has 4 aromatic rings. The van der Waals surface area contributed by atoms with E-state index in [1.165, 1.54) is 18.9 Å². The highest BCUT2D eigenvalue weighted by molar-refractivity contribution is 7.99. The molecule has 0 aliphatic heterocycles. The minimum absolute atomic E-state index is 0.170. The fourth-order valence-corrected chi connectivity index (χ4v) is 4.27. The summed E-state index contributed by atoms with van der Waals surface area (Å²) in [5, 5.41) is 3.79. The predicted octanol–water partition coefficient (Wildman–Crippen LogP) is 3.91. The van der Waals surface area contributed by atoms with Gasteiger partial charge in [-0.3, -0.25) is 4.79 Å². The van der Waals surface area contributed by atoms with Gasteiger partial charge in [0.05, 0.1) is 34.6 Å². The van der Waals surface area contributed by atoms with Crippen molar-refractivity contribution in [3.63, 3.8) is 0 Å². The third kappa shape index (κ3) is 4.34. The lowest BCUT2D eigenvalue weighted by Crippen LogP contribution is -2.13. The maximum Gasteiger partial charge on any atom is 0.350 e. The topological polar surface area (TPSA) is 110 Å². The summed E-state index contributed by atoms with van der Waals surface area (Å²) in [6.45, 7) is 1.70. The summed E-state index contributed by atoms with van der Waals surface area (Å²) in [4.78, 5) is 40.6. The van der Waals surface area contributed by atoms with Crippen LogP contribution >= 0.6 is 23.1 Å². The van der Waals surface area contributed by atoms with Gasteiger partial charge in [-0.05, 0) is 31.2 Å². The maximum atomic E-state index is 12.2. The zero-order chi connectivity index (χ0) is 21.1. The van der Waals surface area contributed by atoms with Crippen LogP contribution in [0.15, 0.2) is 47.6 Å². The van der Waals surface area contributed by atoms with E-state index < -0.39 is 5.97 Å². The number of thiazole rings is 1. The van der Waals surface area contributed by atoms with Gasteiger partial charge in [-0.15, -0.1) is 0 Å². The number of hydrogen-bond donors (Lipinski definition) is 2. The van der Waals surface area contributed by atoms with Crippen LogP contribution in [0.3, 0.4) is 0 Å². The van der Waals surface area contributed by atoms with Crippen LogP contribution in [0.4, 0.5) is 5.13 Å². The number of esters is 1. The normalized spacial score (nSPS) is 10.9. The molecule has 0 aliphatic carbocycles. The number of aromatic nitrogens is 4. The van der Waals surface area contributed by atoms with E-state index in [1.54, 1.807) is 13.1 Å². The summed E-state index contributed by atoms with van der Waals surface area (Å²) in [5.74, 6) is 0.226. The summed E-state index contributed by atoms with van der Waals surface area (Å²) in [6.07, 6.45) is 1.73. The molecule has 1 aromatic carbocycles. The highest BCUT2D eigenvalue weighted by atomic mass is 32.2. The van der Waals surface area contributed by atoms with E-state index in [9.17, 15) is 9.59 Å². The molecular weight excluding hydrogens is 422 g/mol. The molecule has 2 N–H and O–H groups in total. The lowest BCUT2D eigenvalue weighted by atomic mass is 10.3. The molecule has 10 heteroatoms. The van der Waals surface area contributed by atoms with Gasteiger partial charge in [-0.25, -0.2) is 19.7 Å². The van der Waals surface area contributed by atoms with E-state index in [4.69, 9.17) is 4.74 Å². The smallest absolute Gasteiger partial charge is 0.350 e. The Bertz CT molecular complexity index is 1180. The van der Waals surface area contributed by atoms with Crippen LogP contribution in [0.25, 0.3) is 22.4 Å². The average molecular weight is 440 g/mol. The molecule has 0 atom stereocenters. The van der Waals surface area contributed by atoms with Crippen molar-refractivity contribution in [2.75, 3.05) is 18.2 Å². The number of H-pyrrole nitrogens is 1. The number of carbonyl (C=O) groups is 2. The van der Waals surface area contributed by atoms with Gasteiger partial charge in [0, 0.05) is 11.8 Å². The average Bonchev–Trinajstić information content (AvgIpc) is 3.35. The first-order valence-electron chi connectivity index (χ1n) is 8.93. The lowest BCUT2D eigenvalue weighted by Gasteiger charge is -2.02. The van der Waals surface area contributed by atoms with Gasteiger partial charge in [-0.1, -0.05) is 35.2 Å². The number of anilines is 1. The Labute approximate surface area is 180 Å². The second kappa shape index (κ2) is 8.64. The summed E-state index contributed by atoms with van der Waals surface area (Å²) in [6, 6.07) is 11.6. The molecule has 0 radical (unpaired) electrons. The van der Waals surface area contributed by atoms with E-state index in [1.807, 2.05) is 36.4 Å². The van der Waals surface area contributed by atoms with Gasteiger partial charge in [0.1, 0.15) is 10.7 Å². The van der Waals surface area contributed by atoms with Crippen molar-refractivity contribution < 1.29 is 14.3 Å². The Balaban J connectivity index is 1.36. The monoisotopic (exact) mass is 439 g/mol. The number of aryl methyl sites for hydroxylation is 1. The summed E-state index contributed by atoms with van der Waals surface area (Å²) in [5.41, 5.74) is 3.26. The SMILES string of the molecule is COC(=O)c1sc(NC(=O)CSc2ccc(-c3nc4ccccc4[nH]3)cn2)nc1C. The minimum Gasteiger partial charge on any atom is -0.465 e. The fourth-order valence-electron chi connectivity index (χ4n) is 2.72. The number of imidazole rings is 1. The van der Waals surface area contributed by atoms with E-state index in [2.05, 4.69) is 25.3 Å². The number of thioether (sulfide) groups is 1. The summed E-state index contributed by atoms with van der Waals surface area (Å²) in [7, 11) is 1.31. The number of benzene rings is 1.